The third-order valence-corrected chi connectivity index (χ3v) is 8.12. The van der Waals surface area contributed by atoms with E-state index in [4.69, 9.17) is 11.6 Å². The summed E-state index contributed by atoms with van der Waals surface area (Å²) in [4.78, 5) is 28.5. The molecule has 1 saturated carbocycles. The van der Waals surface area contributed by atoms with E-state index in [2.05, 4.69) is 5.32 Å². The van der Waals surface area contributed by atoms with Crippen molar-refractivity contribution in [2.75, 3.05) is 23.7 Å². The van der Waals surface area contributed by atoms with Gasteiger partial charge in [0.2, 0.25) is 21.8 Å². The van der Waals surface area contributed by atoms with Gasteiger partial charge in [0.15, 0.2) is 0 Å². The minimum Gasteiger partial charge on any atom is -0.352 e. The van der Waals surface area contributed by atoms with Gasteiger partial charge in [-0.15, -0.1) is 0 Å². The Morgan fingerprint density at radius 1 is 1.11 bits per heavy atom. The van der Waals surface area contributed by atoms with Crippen LogP contribution in [0, 0.1) is 5.82 Å². The number of nitrogens with one attached hydrogen (secondary N) is 1. The number of carbonyl (C=O) groups is 2. The second kappa shape index (κ2) is 13.2. The van der Waals surface area contributed by atoms with Crippen molar-refractivity contribution in [3.05, 3.63) is 64.9 Å². The van der Waals surface area contributed by atoms with E-state index >= 15 is 0 Å². The molecule has 0 bridgehead atoms. The Bertz CT molecular complexity index is 1170. The maximum absolute atomic E-state index is 13.7. The average Bonchev–Trinajstić information content (AvgIpc) is 2.87. The maximum Gasteiger partial charge on any atom is 0.244 e. The molecule has 0 spiro atoms. The molecule has 1 atom stereocenters. The van der Waals surface area contributed by atoms with Crippen LogP contribution in [0.25, 0.3) is 0 Å². The van der Waals surface area contributed by atoms with E-state index in [1.807, 2.05) is 37.3 Å². The smallest absolute Gasteiger partial charge is 0.244 e. The van der Waals surface area contributed by atoms with Gasteiger partial charge in [-0.25, -0.2) is 12.8 Å². The quantitative estimate of drug-likeness (QED) is 0.444. The first-order chi connectivity index (χ1) is 17.6. The van der Waals surface area contributed by atoms with Crippen LogP contribution in [-0.2, 0) is 26.0 Å². The lowest BCUT2D eigenvalue weighted by Crippen LogP contribution is -2.54. The summed E-state index contributed by atoms with van der Waals surface area (Å²) in [5.41, 5.74) is 1.07. The summed E-state index contributed by atoms with van der Waals surface area (Å²) in [6.45, 7) is 1.53. The van der Waals surface area contributed by atoms with Gasteiger partial charge < -0.3 is 10.2 Å². The summed E-state index contributed by atoms with van der Waals surface area (Å²) < 4.78 is 39.9. The molecule has 1 fully saturated rings. The number of sulfonamides is 1. The standard InChI is InChI=1S/C27H35ClFN3O4S/c1-3-25(27(34)30-21-12-8-5-9-13-21)31(17-16-20-10-6-4-7-11-20)26(33)19-32(37(2,35)36)22-14-15-24(29)23(28)18-22/h4,6-7,10-11,14-15,18,21,25H,3,5,8-9,12-13,16-17,19H2,1-2H3,(H,30,34)/t25-/m0/s1. The van der Waals surface area contributed by atoms with E-state index in [9.17, 15) is 22.4 Å². The topological polar surface area (TPSA) is 86.8 Å². The molecule has 0 aliphatic heterocycles. The number of hydrogen-bond donors (Lipinski definition) is 1. The molecule has 2 amide bonds. The van der Waals surface area contributed by atoms with Crippen molar-refractivity contribution < 1.29 is 22.4 Å². The Morgan fingerprint density at radius 2 is 1.78 bits per heavy atom. The van der Waals surface area contributed by atoms with E-state index < -0.39 is 34.3 Å². The van der Waals surface area contributed by atoms with Gasteiger partial charge in [-0.2, -0.15) is 0 Å². The van der Waals surface area contributed by atoms with Crippen molar-refractivity contribution >= 4 is 39.1 Å². The van der Waals surface area contributed by atoms with Gasteiger partial charge in [0.25, 0.3) is 0 Å². The third kappa shape index (κ3) is 8.17. The summed E-state index contributed by atoms with van der Waals surface area (Å²) in [5.74, 6) is -1.45. The fraction of sp³-hybridized carbons (Fsp3) is 0.481. The first-order valence-electron chi connectivity index (χ1n) is 12.7. The predicted octanol–water partition coefficient (Wildman–Crippen LogP) is 4.54. The highest BCUT2D eigenvalue weighted by molar-refractivity contribution is 7.92. The Kier molecular flexibility index (Phi) is 10.3. The molecule has 7 nitrogen and oxygen atoms in total. The van der Waals surface area contributed by atoms with E-state index in [1.165, 1.54) is 17.0 Å². The largest absolute Gasteiger partial charge is 0.352 e. The van der Waals surface area contributed by atoms with Crippen LogP contribution >= 0.6 is 11.6 Å². The Labute approximate surface area is 224 Å². The lowest BCUT2D eigenvalue weighted by molar-refractivity contribution is -0.140. The number of rotatable bonds is 11. The van der Waals surface area contributed by atoms with Crippen LogP contribution < -0.4 is 9.62 Å². The average molecular weight is 552 g/mol. The molecule has 0 heterocycles. The molecule has 2 aromatic carbocycles. The van der Waals surface area contributed by atoms with Crippen molar-refractivity contribution in [2.45, 2.75) is 64.0 Å². The molecule has 1 aliphatic rings. The van der Waals surface area contributed by atoms with E-state index in [0.717, 1.165) is 54.3 Å². The molecule has 2 aromatic rings. The normalized spacial score (nSPS) is 15.1. The van der Waals surface area contributed by atoms with Crippen LogP contribution in [0.15, 0.2) is 48.5 Å². The summed E-state index contributed by atoms with van der Waals surface area (Å²) in [6, 6.07) is 12.4. The van der Waals surface area contributed by atoms with Crippen molar-refractivity contribution in [1.82, 2.24) is 10.2 Å². The number of nitrogens with zero attached hydrogens (tertiary/aromatic N) is 2. The van der Waals surface area contributed by atoms with Crippen LogP contribution in [0.2, 0.25) is 5.02 Å². The number of anilines is 1. The van der Waals surface area contributed by atoms with Gasteiger partial charge in [0.05, 0.1) is 17.0 Å². The van der Waals surface area contributed by atoms with Crippen molar-refractivity contribution in [2.24, 2.45) is 0 Å². The van der Waals surface area contributed by atoms with Crippen molar-refractivity contribution in [1.29, 1.82) is 0 Å². The maximum atomic E-state index is 13.7. The van der Waals surface area contributed by atoms with Gasteiger partial charge in [-0.1, -0.05) is 68.1 Å². The van der Waals surface area contributed by atoms with Crippen molar-refractivity contribution in [3.8, 4) is 0 Å². The fourth-order valence-electron chi connectivity index (χ4n) is 4.69. The monoisotopic (exact) mass is 551 g/mol. The van der Waals surface area contributed by atoms with Gasteiger partial charge in [-0.05, 0) is 49.4 Å². The van der Waals surface area contributed by atoms with Gasteiger partial charge in [0.1, 0.15) is 18.4 Å². The van der Waals surface area contributed by atoms with Crippen LogP contribution in [0.5, 0.6) is 0 Å². The highest BCUT2D eigenvalue weighted by Crippen LogP contribution is 2.25. The number of hydrogen-bond acceptors (Lipinski definition) is 4. The molecule has 202 valence electrons. The minimum absolute atomic E-state index is 0.0740. The number of carbonyl (C=O) groups excluding carboxylic acids is 2. The number of amides is 2. The molecular formula is C27H35ClFN3O4S. The molecule has 0 saturated heterocycles. The minimum atomic E-state index is -3.91. The van der Waals surface area contributed by atoms with Crippen LogP contribution in [0.3, 0.4) is 0 Å². The molecular weight excluding hydrogens is 517 g/mol. The first kappa shape index (κ1) is 28.9. The zero-order valence-electron chi connectivity index (χ0n) is 21.3. The van der Waals surface area contributed by atoms with E-state index in [0.29, 0.717) is 12.8 Å². The molecule has 0 aromatic heterocycles. The molecule has 1 N–H and O–H groups in total. The third-order valence-electron chi connectivity index (χ3n) is 6.69. The second-order valence-electron chi connectivity index (χ2n) is 9.46. The summed E-state index contributed by atoms with van der Waals surface area (Å²) >= 11 is 5.89. The Balaban J connectivity index is 1.87. The van der Waals surface area contributed by atoms with Gasteiger partial charge >= 0.3 is 0 Å². The van der Waals surface area contributed by atoms with Crippen LogP contribution in [0.1, 0.15) is 51.0 Å². The Hall–Kier alpha value is -2.65. The fourth-order valence-corrected chi connectivity index (χ4v) is 5.71. The van der Waals surface area contributed by atoms with Crippen molar-refractivity contribution in [3.63, 3.8) is 0 Å². The molecule has 0 radical (unpaired) electrons. The molecule has 0 unspecified atom stereocenters. The van der Waals surface area contributed by atoms with Crippen LogP contribution in [0.4, 0.5) is 10.1 Å². The van der Waals surface area contributed by atoms with Crippen LogP contribution in [-0.4, -0.2) is 56.6 Å². The summed E-state index contributed by atoms with van der Waals surface area (Å²) in [7, 11) is -3.91. The second-order valence-corrected chi connectivity index (χ2v) is 11.8. The molecule has 3 rings (SSSR count). The zero-order valence-corrected chi connectivity index (χ0v) is 22.9. The van der Waals surface area contributed by atoms with E-state index in [1.54, 1.807) is 0 Å². The first-order valence-corrected chi connectivity index (χ1v) is 14.9. The summed E-state index contributed by atoms with van der Waals surface area (Å²) in [6.07, 6.45) is 6.94. The van der Waals surface area contributed by atoms with Gasteiger partial charge in [-0.3, -0.25) is 13.9 Å². The highest BCUT2D eigenvalue weighted by atomic mass is 35.5. The SMILES string of the molecule is CC[C@@H](C(=O)NC1CCCCC1)N(CCc1ccccc1)C(=O)CN(c1ccc(F)c(Cl)c1)S(C)(=O)=O. The summed E-state index contributed by atoms with van der Waals surface area (Å²) in [5, 5.41) is 2.86. The zero-order chi connectivity index (χ0) is 27.0. The predicted molar refractivity (Wildman–Crippen MR) is 145 cm³/mol. The molecule has 1 aliphatic carbocycles. The lowest BCUT2D eigenvalue weighted by Gasteiger charge is -2.34. The Morgan fingerprint density at radius 3 is 2.38 bits per heavy atom. The van der Waals surface area contributed by atoms with Gasteiger partial charge in [0, 0.05) is 12.6 Å². The lowest BCUT2D eigenvalue weighted by atomic mass is 9.95. The number of halogens is 2. The van der Waals surface area contributed by atoms with E-state index in [-0.39, 0.29) is 29.2 Å². The molecule has 37 heavy (non-hydrogen) atoms. The number of benzene rings is 2. The highest BCUT2D eigenvalue weighted by Gasteiger charge is 2.32. The molecule has 10 heteroatoms.